The second kappa shape index (κ2) is 5.64. The Morgan fingerprint density at radius 2 is 2.00 bits per heavy atom. The minimum absolute atomic E-state index is 0.0558. The number of likely N-dealkylation sites (N-methyl/N-ethyl adjacent to an activating group) is 1. The molecular formula is C12H24N2O2. The van der Waals surface area contributed by atoms with Crippen LogP contribution in [0.15, 0.2) is 0 Å². The van der Waals surface area contributed by atoms with Gasteiger partial charge in [0.05, 0.1) is 13.2 Å². The monoisotopic (exact) mass is 228 g/mol. The van der Waals surface area contributed by atoms with Crippen molar-refractivity contribution in [3.05, 3.63) is 0 Å². The minimum atomic E-state index is -0.340. The van der Waals surface area contributed by atoms with Crippen molar-refractivity contribution in [1.82, 2.24) is 10.2 Å². The molecule has 0 saturated heterocycles. The van der Waals surface area contributed by atoms with E-state index in [9.17, 15) is 9.90 Å². The highest BCUT2D eigenvalue weighted by Gasteiger charge is 2.25. The molecule has 2 N–H and O–H groups in total. The number of hydrogen-bond acceptors (Lipinski definition) is 3. The molecule has 1 rings (SSSR count). The zero-order valence-electron chi connectivity index (χ0n) is 10.6. The fraction of sp³-hybridized carbons (Fsp3) is 0.917. The highest BCUT2D eigenvalue weighted by atomic mass is 16.3. The van der Waals surface area contributed by atoms with Crippen LogP contribution in [0.3, 0.4) is 0 Å². The average molecular weight is 228 g/mol. The van der Waals surface area contributed by atoms with Gasteiger partial charge >= 0.3 is 0 Å². The van der Waals surface area contributed by atoms with E-state index in [0.717, 1.165) is 12.8 Å². The van der Waals surface area contributed by atoms with Crippen molar-refractivity contribution in [2.24, 2.45) is 0 Å². The Kier molecular flexibility index (Phi) is 4.74. The predicted octanol–water partition coefficient (Wildman–Crippen LogP) is 0.748. The lowest BCUT2D eigenvalue weighted by atomic mass is 10.1. The molecule has 1 saturated carbocycles. The van der Waals surface area contributed by atoms with E-state index in [4.69, 9.17) is 0 Å². The van der Waals surface area contributed by atoms with Crippen molar-refractivity contribution in [1.29, 1.82) is 0 Å². The largest absolute Gasteiger partial charge is 0.394 e. The minimum Gasteiger partial charge on any atom is -0.394 e. The second-order valence-electron chi connectivity index (χ2n) is 5.38. The Hall–Kier alpha value is -0.610. The first kappa shape index (κ1) is 13.5. The quantitative estimate of drug-likeness (QED) is 0.730. The summed E-state index contributed by atoms with van der Waals surface area (Å²) in [4.78, 5) is 13.6. The molecule has 16 heavy (non-hydrogen) atoms. The van der Waals surface area contributed by atoms with E-state index in [1.807, 2.05) is 25.8 Å². The van der Waals surface area contributed by atoms with E-state index in [1.165, 1.54) is 12.8 Å². The third-order valence-electron chi connectivity index (χ3n) is 3.52. The molecular weight excluding hydrogens is 204 g/mol. The molecule has 4 nitrogen and oxygen atoms in total. The number of hydrogen-bond donors (Lipinski definition) is 2. The summed E-state index contributed by atoms with van der Waals surface area (Å²) in [6.07, 6.45) is 4.67. The first-order valence-corrected chi connectivity index (χ1v) is 6.07. The van der Waals surface area contributed by atoms with Crippen LogP contribution in [0, 0.1) is 0 Å². The van der Waals surface area contributed by atoms with E-state index in [-0.39, 0.29) is 18.1 Å². The zero-order valence-corrected chi connectivity index (χ0v) is 10.6. The van der Waals surface area contributed by atoms with E-state index >= 15 is 0 Å². The SMILES string of the molecule is CN(CC(=O)NC1CCCC1)C(C)(C)CO. The van der Waals surface area contributed by atoms with Gasteiger partial charge in [-0.1, -0.05) is 12.8 Å². The molecule has 0 aromatic heterocycles. The maximum Gasteiger partial charge on any atom is 0.234 e. The first-order valence-electron chi connectivity index (χ1n) is 6.07. The smallest absolute Gasteiger partial charge is 0.234 e. The molecule has 0 atom stereocenters. The van der Waals surface area contributed by atoms with Crippen molar-refractivity contribution in [3.63, 3.8) is 0 Å². The molecule has 1 amide bonds. The zero-order chi connectivity index (χ0) is 12.2. The van der Waals surface area contributed by atoms with Crippen LogP contribution in [-0.2, 0) is 4.79 Å². The van der Waals surface area contributed by atoms with E-state index in [2.05, 4.69) is 5.32 Å². The maximum atomic E-state index is 11.7. The van der Waals surface area contributed by atoms with Crippen molar-refractivity contribution >= 4 is 5.91 Å². The molecule has 0 aromatic carbocycles. The van der Waals surface area contributed by atoms with Gasteiger partial charge in [-0.05, 0) is 33.7 Å². The molecule has 0 heterocycles. The highest BCUT2D eigenvalue weighted by molar-refractivity contribution is 5.78. The summed E-state index contributed by atoms with van der Waals surface area (Å²) in [6, 6.07) is 0.373. The van der Waals surface area contributed by atoms with Crippen molar-refractivity contribution in [2.75, 3.05) is 20.2 Å². The molecule has 1 aliphatic rings. The molecule has 4 heteroatoms. The average Bonchev–Trinajstić information content (AvgIpc) is 2.70. The number of nitrogens with zero attached hydrogens (tertiary/aromatic N) is 1. The molecule has 94 valence electrons. The molecule has 0 aromatic rings. The van der Waals surface area contributed by atoms with E-state index < -0.39 is 0 Å². The van der Waals surface area contributed by atoms with Gasteiger partial charge < -0.3 is 10.4 Å². The topological polar surface area (TPSA) is 52.6 Å². The van der Waals surface area contributed by atoms with Crippen molar-refractivity contribution in [2.45, 2.75) is 51.1 Å². The molecule has 0 bridgehead atoms. The van der Waals surface area contributed by atoms with Gasteiger partial charge in [-0.2, -0.15) is 0 Å². The van der Waals surface area contributed by atoms with Crippen LogP contribution in [-0.4, -0.2) is 47.7 Å². The van der Waals surface area contributed by atoms with Gasteiger partial charge in [0.1, 0.15) is 0 Å². The third kappa shape index (κ3) is 3.76. The lowest BCUT2D eigenvalue weighted by Crippen LogP contribution is -2.49. The number of nitrogens with one attached hydrogen (secondary N) is 1. The van der Waals surface area contributed by atoms with Crippen LogP contribution >= 0.6 is 0 Å². The fourth-order valence-electron chi connectivity index (χ4n) is 1.89. The summed E-state index contributed by atoms with van der Waals surface area (Å²) in [6.45, 7) is 4.26. The Morgan fingerprint density at radius 1 is 1.44 bits per heavy atom. The van der Waals surface area contributed by atoms with Gasteiger partial charge in [-0.15, -0.1) is 0 Å². The Labute approximate surface area is 98.0 Å². The Bertz CT molecular complexity index is 235. The standard InChI is InChI=1S/C12H24N2O2/c1-12(2,9-15)14(3)8-11(16)13-10-6-4-5-7-10/h10,15H,4-9H2,1-3H3,(H,13,16). The van der Waals surface area contributed by atoms with Crippen LogP contribution in [0.25, 0.3) is 0 Å². The van der Waals surface area contributed by atoms with Crippen LogP contribution in [0.2, 0.25) is 0 Å². The summed E-state index contributed by atoms with van der Waals surface area (Å²) in [5.74, 6) is 0.0657. The maximum absolute atomic E-state index is 11.7. The number of carbonyl (C=O) groups excluding carboxylic acids is 1. The molecule has 1 aliphatic carbocycles. The lowest BCUT2D eigenvalue weighted by molar-refractivity contribution is -0.124. The lowest BCUT2D eigenvalue weighted by Gasteiger charge is -2.33. The van der Waals surface area contributed by atoms with E-state index in [0.29, 0.717) is 12.6 Å². The summed E-state index contributed by atoms with van der Waals surface area (Å²) in [5.41, 5.74) is -0.340. The van der Waals surface area contributed by atoms with Gasteiger partial charge in [-0.25, -0.2) is 0 Å². The molecule has 0 spiro atoms. The normalized spacial score (nSPS) is 18.1. The number of amides is 1. The number of carbonyl (C=O) groups is 1. The summed E-state index contributed by atoms with van der Waals surface area (Å²) >= 11 is 0. The first-order chi connectivity index (χ1) is 7.45. The summed E-state index contributed by atoms with van der Waals surface area (Å²) in [5, 5.41) is 12.2. The molecule has 0 aliphatic heterocycles. The fourth-order valence-corrected chi connectivity index (χ4v) is 1.89. The predicted molar refractivity (Wildman–Crippen MR) is 64.2 cm³/mol. The van der Waals surface area contributed by atoms with Gasteiger partial charge in [0, 0.05) is 11.6 Å². The highest BCUT2D eigenvalue weighted by Crippen LogP contribution is 2.17. The van der Waals surface area contributed by atoms with Crippen molar-refractivity contribution in [3.8, 4) is 0 Å². The molecule has 0 unspecified atom stereocenters. The van der Waals surface area contributed by atoms with Crippen LogP contribution in [0.5, 0.6) is 0 Å². The second-order valence-corrected chi connectivity index (χ2v) is 5.38. The number of aliphatic hydroxyl groups excluding tert-OH is 1. The van der Waals surface area contributed by atoms with Gasteiger partial charge in [-0.3, -0.25) is 9.69 Å². The summed E-state index contributed by atoms with van der Waals surface area (Å²) < 4.78 is 0. The van der Waals surface area contributed by atoms with Gasteiger partial charge in [0.2, 0.25) is 5.91 Å². The third-order valence-corrected chi connectivity index (χ3v) is 3.52. The van der Waals surface area contributed by atoms with Gasteiger partial charge in [0.15, 0.2) is 0 Å². The number of rotatable bonds is 5. The molecule has 0 radical (unpaired) electrons. The Balaban J connectivity index is 2.33. The number of aliphatic hydroxyl groups is 1. The van der Waals surface area contributed by atoms with Crippen LogP contribution < -0.4 is 5.32 Å². The van der Waals surface area contributed by atoms with E-state index in [1.54, 1.807) is 0 Å². The van der Waals surface area contributed by atoms with Crippen molar-refractivity contribution < 1.29 is 9.90 Å². The summed E-state index contributed by atoms with van der Waals surface area (Å²) in [7, 11) is 1.87. The van der Waals surface area contributed by atoms with Crippen LogP contribution in [0.1, 0.15) is 39.5 Å². The van der Waals surface area contributed by atoms with Crippen LogP contribution in [0.4, 0.5) is 0 Å². The van der Waals surface area contributed by atoms with Gasteiger partial charge in [0.25, 0.3) is 0 Å². The Morgan fingerprint density at radius 3 is 2.50 bits per heavy atom. The molecule has 1 fully saturated rings.